The first-order valence-corrected chi connectivity index (χ1v) is 11.1. The molecule has 1 aromatic rings. The first-order valence-electron chi connectivity index (χ1n) is 9.17. The number of halogens is 2. The van der Waals surface area contributed by atoms with Crippen LogP contribution in [-0.4, -0.2) is 64.4 Å². The maximum atomic E-state index is 13.2. The molecule has 1 aromatic carbocycles. The molecule has 10 heteroatoms. The largest absolute Gasteiger partial charge is 0.367 e. The third-order valence-electron chi connectivity index (χ3n) is 4.10. The maximum Gasteiger partial charge on any atom is 0.208 e. The van der Waals surface area contributed by atoms with Gasteiger partial charge in [0.15, 0.2) is 5.96 Å². The van der Waals surface area contributed by atoms with Crippen molar-refractivity contribution in [2.24, 2.45) is 4.99 Å². The van der Waals surface area contributed by atoms with E-state index in [9.17, 15) is 12.8 Å². The second-order valence-corrected chi connectivity index (χ2v) is 8.48. The summed E-state index contributed by atoms with van der Waals surface area (Å²) >= 11 is 0. The Labute approximate surface area is 184 Å². The fourth-order valence-electron chi connectivity index (χ4n) is 2.93. The third-order valence-corrected chi connectivity index (χ3v) is 4.83. The number of morpholine rings is 1. The van der Waals surface area contributed by atoms with Crippen molar-refractivity contribution in [1.29, 1.82) is 0 Å². The molecule has 0 bridgehead atoms. The molecule has 2 atom stereocenters. The standard InChI is InChI=1S/C18H29FN4O3S.HI/c1-4-20-18(21-10-5-11-22-27(3,24)25)23-12-14(2)26-17(13-23)15-6-8-16(19)9-7-15;/h6-9,14,17,22H,4-5,10-13H2,1-3H3,(H,20,21);1H. The highest BCUT2D eigenvalue weighted by Crippen LogP contribution is 2.25. The van der Waals surface area contributed by atoms with Crippen LogP contribution in [0.1, 0.15) is 31.9 Å². The Morgan fingerprint density at radius 3 is 2.61 bits per heavy atom. The zero-order valence-electron chi connectivity index (χ0n) is 16.5. The normalized spacial score (nSPS) is 20.6. The summed E-state index contributed by atoms with van der Waals surface area (Å²) in [4.78, 5) is 6.75. The Balaban J connectivity index is 0.00000392. The molecule has 160 valence electrons. The molecule has 1 saturated heterocycles. The number of sulfonamides is 1. The van der Waals surface area contributed by atoms with Crippen LogP contribution < -0.4 is 10.0 Å². The topological polar surface area (TPSA) is 83.0 Å². The molecule has 7 nitrogen and oxygen atoms in total. The van der Waals surface area contributed by atoms with Gasteiger partial charge in [-0.25, -0.2) is 17.5 Å². The van der Waals surface area contributed by atoms with E-state index in [0.717, 1.165) is 24.3 Å². The Hall–Kier alpha value is -0.980. The number of guanidine groups is 1. The van der Waals surface area contributed by atoms with Gasteiger partial charge in [0.2, 0.25) is 10.0 Å². The van der Waals surface area contributed by atoms with Gasteiger partial charge in [0.1, 0.15) is 11.9 Å². The highest BCUT2D eigenvalue weighted by Gasteiger charge is 2.28. The highest BCUT2D eigenvalue weighted by molar-refractivity contribution is 14.0. The zero-order valence-corrected chi connectivity index (χ0v) is 19.7. The lowest BCUT2D eigenvalue weighted by molar-refractivity contribution is -0.0605. The van der Waals surface area contributed by atoms with Crippen LogP contribution in [0.2, 0.25) is 0 Å². The van der Waals surface area contributed by atoms with E-state index in [1.165, 1.54) is 12.1 Å². The molecule has 2 unspecified atom stereocenters. The van der Waals surface area contributed by atoms with E-state index in [1.807, 2.05) is 13.8 Å². The van der Waals surface area contributed by atoms with Crippen LogP contribution in [0.25, 0.3) is 0 Å². The maximum absolute atomic E-state index is 13.2. The average Bonchev–Trinajstić information content (AvgIpc) is 2.59. The summed E-state index contributed by atoms with van der Waals surface area (Å²) in [6.07, 6.45) is 1.60. The monoisotopic (exact) mass is 528 g/mol. The fourth-order valence-corrected chi connectivity index (χ4v) is 3.45. The Bertz CT molecular complexity index is 731. The van der Waals surface area contributed by atoms with Gasteiger partial charge in [-0.2, -0.15) is 0 Å². The Morgan fingerprint density at radius 1 is 1.32 bits per heavy atom. The molecule has 2 rings (SSSR count). The Morgan fingerprint density at radius 2 is 2.00 bits per heavy atom. The van der Waals surface area contributed by atoms with Gasteiger partial charge in [-0.1, -0.05) is 12.1 Å². The molecular formula is C18H30FIN4O3S. The summed E-state index contributed by atoms with van der Waals surface area (Å²) in [5, 5.41) is 3.28. The molecule has 1 heterocycles. The molecule has 0 radical (unpaired) electrons. The zero-order chi connectivity index (χ0) is 19.9. The van der Waals surface area contributed by atoms with E-state index < -0.39 is 10.0 Å². The van der Waals surface area contributed by atoms with Gasteiger partial charge in [-0.3, -0.25) is 4.99 Å². The lowest BCUT2D eigenvalue weighted by atomic mass is 10.1. The number of hydrogen-bond acceptors (Lipinski definition) is 4. The SMILES string of the molecule is CCNC(=NCCCNS(C)(=O)=O)N1CC(C)OC(c2ccc(F)cc2)C1.I. The van der Waals surface area contributed by atoms with Crippen molar-refractivity contribution in [2.45, 2.75) is 32.5 Å². The van der Waals surface area contributed by atoms with Gasteiger partial charge in [0, 0.05) is 26.2 Å². The highest BCUT2D eigenvalue weighted by atomic mass is 127. The molecule has 28 heavy (non-hydrogen) atoms. The lowest BCUT2D eigenvalue weighted by Crippen LogP contribution is -2.50. The number of benzene rings is 1. The lowest BCUT2D eigenvalue weighted by Gasteiger charge is -2.38. The first-order chi connectivity index (χ1) is 12.8. The van der Waals surface area contributed by atoms with Crippen molar-refractivity contribution >= 4 is 40.0 Å². The van der Waals surface area contributed by atoms with Crippen molar-refractivity contribution in [3.05, 3.63) is 35.6 Å². The summed E-state index contributed by atoms with van der Waals surface area (Å²) in [6.45, 7) is 6.92. The third kappa shape index (κ3) is 8.58. The van der Waals surface area contributed by atoms with E-state index in [1.54, 1.807) is 12.1 Å². The van der Waals surface area contributed by atoms with Crippen LogP contribution >= 0.6 is 24.0 Å². The number of nitrogens with one attached hydrogen (secondary N) is 2. The molecular weight excluding hydrogens is 498 g/mol. The predicted molar refractivity (Wildman–Crippen MR) is 120 cm³/mol. The van der Waals surface area contributed by atoms with E-state index >= 15 is 0 Å². The molecule has 0 amide bonds. The quantitative estimate of drug-likeness (QED) is 0.245. The second kappa shape index (κ2) is 11.9. The molecule has 0 saturated carbocycles. The van der Waals surface area contributed by atoms with Crippen LogP contribution in [-0.2, 0) is 14.8 Å². The Kier molecular flexibility index (Phi) is 10.6. The van der Waals surface area contributed by atoms with Gasteiger partial charge in [-0.15, -0.1) is 24.0 Å². The molecule has 2 N–H and O–H groups in total. The number of nitrogens with zero attached hydrogens (tertiary/aromatic N) is 2. The van der Waals surface area contributed by atoms with Gasteiger partial charge in [0.05, 0.1) is 18.9 Å². The number of aliphatic imine (C=N–C) groups is 1. The second-order valence-electron chi connectivity index (χ2n) is 6.65. The van der Waals surface area contributed by atoms with Crippen molar-refractivity contribution in [1.82, 2.24) is 14.9 Å². The fraction of sp³-hybridized carbons (Fsp3) is 0.611. The van der Waals surface area contributed by atoms with E-state index in [2.05, 4.69) is 19.9 Å². The molecule has 1 fully saturated rings. The van der Waals surface area contributed by atoms with Crippen LogP contribution in [0.15, 0.2) is 29.3 Å². The number of ether oxygens (including phenoxy) is 1. The summed E-state index contributed by atoms with van der Waals surface area (Å²) < 4.78 is 43.9. The van der Waals surface area contributed by atoms with E-state index in [0.29, 0.717) is 32.6 Å². The van der Waals surface area contributed by atoms with Crippen LogP contribution in [0.3, 0.4) is 0 Å². The predicted octanol–water partition coefficient (Wildman–Crippen LogP) is 2.11. The molecule has 1 aliphatic rings. The molecule has 0 aliphatic carbocycles. The van der Waals surface area contributed by atoms with E-state index in [-0.39, 0.29) is 42.0 Å². The van der Waals surface area contributed by atoms with E-state index in [4.69, 9.17) is 4.74 Å². The molecule has 0 aromatic heterocycles. The van der Waals surface area contributed by atoms with Crippen LogP contribution in [0.4, 0.5) is 4.39 Å². The van der Waals surface area contributed by atoms with Crippen molar-refractivity contribution in [3.63, 3.8) is 0 Å². The minimum atomic E-state index is -3.17. The summed E-state index contributed by atoms with van der Waals surface area (Å²) in [5.41, 5.74) is 0.932. The van der Waals surface area contributed by atoms with Gasteiger partial charge >= 0.3 is 0 Å². The average molecular weight is 528 g/mol. The van der Waals surface area contributed by atoms with Crippen molar-refractivity contribution in [3.8, 4) is 0 Å². The summed E-state index contributed by atoms with van der Waals surface area (Å²) in [7, 11) is -3.17. The minimum Gasteiger partial charge on any atom is -0.367 e. The summed E-state index contributed by atoms with van der Waals surface area (Å²) in [6, 6.07) is 6.38. The summed E-state index contributed by atoms with van der Waals surface area (Å²) in [5.74, 6) is 0.510. The van der Waals surface area contributed by atoms with Crippen molar-refractivity contribution < 1.29 is 17.5 Å². The smallest absolute Gasteiger partial charge is 0.208 e. The van der Waals surface area contributed by atoms with Gasteiger partial charge in [-0.05, 0) is 38.0 Å². The number of hydrogen-bond donors (Lipinski definition) is 2. The molecule has 1 aliphatic heterocycles. The van der Waals surface area contributed by atoms with Gasteiger partial charge < -0.3 is 15.0 Å². The first kappa shape index (κ1) is 25.1. The minimum absolute atomic E-state index is 0. The van der Waals surface area contributed by atoms with Gasteiger partial charge in [0.25, 0.3) is 0 Å². The van der Waals surface area contributed by atoms with Crippen LogP contribution in [0, 0.1) is 5.82 Å². The van der Waals surface area contributed by atoms with Crippen molar-refractivity contribution in [2.75, 3.05) is 39.0 Å². The number of rotatable bonds is 7. The molecule has 0 spiro atoms. The van der Waals surface area contributed by atoms with Crippen LogP contribution in [0.5, 0.6) is 0 Å².